The Morgan fingerprint density at radius 1 is 0.343 bits per heavy atom. The molecule has 0 saturated heterocycles. The summed E-state index contributed by atoms with van der Waals surface area (Å²) in [6, 6.07) is 88.0. The molecule has 0 N–H and O–H groups in total. The lowest BCUT2D eigenvalue weighted by atomic mass is 9.34. The van der Waals surface area contributed by atoms with E-state index in [0.29, 0.717) is 0 Å². The van der Waals surface area contributed by atoms with E-state index in [1.807, 2.05) is 11.8 Å². The lowest BCUT2D eigenvalue weighted by molar-refractivity contribution is 0.590. The summed E-state index contributed by atoms with van der Waals surface area (Å²) in [6.45, 7) is 6.91. The minimum atomic E-state index is -0.0187. The van der Waals surface area contributed by atoms with Gasteiger partial charge in [-0.2, -0.15) is 0 Å². The Balaban J connectivity index is 1.20. The van der Waals surface area contributed by atoms with Gasteiger partial charge in [0.25, 0.3) is 0 Å². The zero-order valence-electron chi connectivity index (χ0n) is 37.9. The second kappa shape index (κ2) is 16.7. The average Bonchev–Trinajstić information content (AvgIpc) is 3.39. The molecular weight excluding hydrogens is 826 g/mol. The van der Waals surface area contributed by atoms with Crippen LogP contribution in [-0.4, -0.2) is 6.71 Å². The quantitative estimate of drug-likeness (QED) is 0.147. The Morgan fingerprint density at radius 2 is 0.851 bits per heavy atom. The normalized spacial score (nSPS) is 12.6. The predicted octanol–water partition coefficient (Wildman–Crippen LogP) is 15.8. The zero-order valence-corrected chi connectivity index (χ0v) is 38.8. The SMILES string of the molecule is CC(C)(C)c1ccc(-c2cc3c4c(c2)N(c2c(-c5ccccc5)cccc2-c2ccccc2)c2ccc(-c5ccccc5)cc2B4c2cc(-c4ccccc4)ccc2S3)c(-c2ccccc2)c1. The first-order chi connectivity index (χ1) is 32.9. The molecular formula is C64H48BNS. The Kier molecular flexibility index (Phi) is 10.2. The summed E-state index contributed by atoms with van der Waals surface area (Å²) in [6.07, 6.45) is 0. The van der Waals surface area contributed by atoms with Crippen LogP contribution in [-0.2, 0) is 5.41 Å². The molecule has 10 aromatic rings. The van der Waals surface area contributed by atoms with E-state index in [4.69, 9.17) is 0 Å². The van der Waals surface area contributed by atoms with Crippen LogP contribution in [0.2, 0.25) is 0 Å². The van der Waals surface area contributed by atoms with Gasteiger partial charge in [0.15, 0.2) is 0 Å². The fourth-order valence-electron chi connectivity index (χ4n) is 10.4. The van der Waals surface area contributed by atoms with Crippen LogP contribution in [0.1, 0.15) is 26.3 Å². The molecule has 0 aromatic heterocycles. The molecule has 0 amide bonds. The zero-order chi connectivity index (χ0) is 45.1. The van der Waals surface area contributed by atoms with Gasteiger partial charge in [0.05, 0.1) is 5.69 Å². The Bertz CT molecular complexity index is 3390. The lowest BCUT2D eigenvalue weighted by Crippen LogP contribution is -2.60. The van der Waals surface area contributed by atoms with Gasteiger partial charge in [0.2, 0.25) is 6.71 Å². The number of para-hydroxylation sites is 1. The van der Waals surface area contributed by atoms with E-state index in [9.17, 15) is 0 Å². The summed E-state index contributed by atoms with van der Waals surface area (Å²) < 4.78 is 0. The molecule has 0 unspecified atom stereocenters. The van der Waals surface area contributed by atoms with Crippen molar-refractivity contribution < 1.29 is 0 Å². The van der Waals surface area contributed by atoms with Crippen LogP contribution in [0.3, 0.4) is 0 Å². The summed E-state index contributed by atoms with van der Waals surface area (Å²) in [4.78, 5) is 5.22. The number of hydrogen-bond donors (Lipinski definition) is 0. The molecule has 2 aliphatic rings. The molecule has 2 aliphatic heterocycles. The van der Waals surface area contributed by atoms with Crippen molar-refractivity contribution in [2.75, 3.05) is 4.90 Å². The highest BCUT2D eigenvalue weighted by Gasteiger charge is 2.43. The monoisotopic (exact) mass is 873 g/mol. The average molecular weight is 874 g/mol. The van der Waals surface area contributed by atoms with E-state index in [2.05, 4.69) is 262 Å². The number of fused-ring (bicyclic) bond motifs is 4. The molecule has 10 aromatic carbocycles. The highest BCUT2D eigenvalue weighted by atomic mass is 32.2. The van der Waals surface area contributed by atoms with Crippen LogP contribution < -0.4 is 21.3 Å². The highest BCUT2D eigenvalue weighted by Crippen LogP contribution is 2.51. The van der Waals surface area contributed by atoms with Gasteiger partial charge in [-0.15, -0.1) is 0 Å². The molecule has 0 bridgehead atoms. The summed E-state index contributed by atoms with van der Waals surface area (Å²) >= 11 is 1.92. The Hall–Kier alpha value is -7.59. The van der Waals surface area contributed by atoms with Gasteiger partial charge in [-0.3, -0.25) is 0 Å². The summed E-state index contributed by atoms with van der Waals surface area (Å²) in [5, 5.41) is 0. The minimum Gasteiger partial charge on any atom is -0.310 e. The van der Waals surface area contributed by atoms with Crippen molar-refractivity contribution in [2.24, 2.45) is 0 Å². The predicted molar refractivity (Wildman–Crippen MR) is 288 cm³/mol. The summed E-state index contributed by atoms with van der Waals surface area (Å²) in [5.41, 5.74) is 23.4. The maximum Gasteiger partial charge on any atom is 0.249 e. The molecule has 0 saturated carbocycles. The van der Waals surface area contributed by atoms with E-state index in [1.54, 1.807) is 0 Å². The van der Waals surface area contributed by atoms with Crippen molar-refractivity contribution in [3.8, 4) is 66.8 Å². The highest BCUT2D eigenvalue weighted by molar-refractivity contribution is 8.00. The molecule has 0 radical (unpaired) electrons. The molecule has 3 heteroatoms. The van der Waals surface area contributed by atoms with Crippen molar-refractivity contribution in [3.63, 3.8) is 0 Å². The van der Waals surface area contributed by atoms with Crippen molar-refractivity contribution in [1.29, 1.82) is 0 Å². The molecule has 0 fully saturated rings. The largest absolute Gasteiger partial charge is 0.310 e. The summed E-state index contributed by atoms with van der Waals surface area (Å²) in [7, 11) is 0. The van der Waals surface area contributed by atoms with Crippen LogP contribution in [0.4, 0.5) is 17.1 Å². The van der Waals surface area contributed by atoms with Crippen LogP contribution >= 0.6 is 11.8 Å². The van der Waals surface area contributed by atoms with Gasteiger partial charge in [0.1, 0.15) is 0 Å². The number of hydrogen-bond acceptors (Lipinski definition) is 2. The maximum atomic E-state index is 2.63. The fourth-order valence-corrected chi connectivity index (χ4v) is 11.6. The van der Waals surface area contributed by atoms with Crippen molar-refractivity contribution in [3.05, 3.63) is 242 Å². The second-order valence-electron chi connectivity index (χ2n) is 18.8. The van der Waals surface area contributed by atoms with Crippen molar-refractivity contribution >= 4 is 51.9 Å². The van der Waals surface area contributed by atoms with Crippen LogP contribution in [0.15, 0.2) is 246 Å². The molecule has 1 nitrogen and oxygen atoms in total. The maximum absolute atomic E-state index is 2.63. The van der Waals surface area contributed by atoms with E-state index < -0.39 is 0 Å². The Labute approximate surface area is 399 Å². The van der Waals surface area contributed by atoms with Gasteiger partial charge in [-0.05, 0) is 102 Å². The molecule has 318 valence electrons. The van der Waals surface area contributed by atoms with E-state index in [-0.39, 0.29) is 12.1 Å². The van der Waals surface area contributed by atoms with E-state index in [1.165, 1.54) is 116 Å². The third-order valence-electron chi connectivity index (χ3n) is 13.7. The smallest absolute Gasteiger partial charge is 0.249 e. The van der Waals surface area contributed by atoms with E-state index >= 15 is 0 Å². The van der Waals surface area contributed by atoms with Gasteiger partial charge in [0, 0.05) is 32.3 Å². The number of anilines is 3. The lowest BCUT2D eigenvalue weighted by Gasteiger charge is -2.42. The second-order valence-corrected chi connectivity index (χ2v) is 19.9. The van der Waals surface area contributed by atoms with Gasteiger partial charge in [-0.1, -0.05) is 250 Å². The summed E-state index contributed by atoms with van der Waals surface area (Å²) in [5.74, 6) is 0. The number of nitrogens with zero attached hydrogens (tertiary/aromatic N) is 1. The topological polar surface area (TPSA) is 3.24 Å². The Morgan fingerprint density at radius 3 is 1.40 bits per heavy atom. The molecule has 12 rings (SSSR count). The molecule has 0 aliphatic carbocycles. The first-order valence-electron chi connectivity index (χ1n) is 23.4. The third-order valence-corrected chi connectivity index (χ3v) is 14.8. The number of benzene rings is 10. The van der Waals surface area contributed by atoms with E-state index in [0.717, 1.165) is 0 Å². The molecule has 2 heterocycles. The minimum absolute atomic E-state index is 0.0105. The van der Waals surface area contributed by atoms with Gasteiger partial charge in [-0.25, -0.2) is 0 Å². The third kappa shape index (κ3) is 7.32. The molecule has 0 spiro atoms. The number of rotatable bonds is 7. The van der Waals surface area contributed by atoms with Gasteiger partial charge >= 0.3 is 0 Å². The first kappa shape index (κ1) is 40.9. The van der Waals surface area contributed by atoms with Crippen LogP contribution in [0.25, 0.3) is 66.8 Å². The van der Waals surface area contributed by atoms with Crippen LogP contribution in [0, 0.1) is 0 Å². The van der Waals surface area contributed by atoms with Crippen molar-refractivity contribution in [2.45, 2.75) is 36.0 Å². The standard InChI is InChI=1S/C64H48BNS/c1-64(2,3)51-34-35-52(55(42-51)47-28-17-8-18-29-47)50-40-59-62-61(41-50)67-60-37-33-49(44-22-11-5-12-23-44)39-57(60)65(62)56-38-48(43-20-9-4-10-21-43)32-36-58(56)66(59)63-53(45-24-13-6-14-25-45)30-19-31-54(63)46-26-15-7-16-27-46/h4-42H,1-3H3. The van der Waals surface area contributed by atoms with Crippen molar-refractivity contribution in [1.82, 2.24) is 0 Å². The molecule has 0 atom stereocenters. The first-order valence-corrected chi connectivity index (χ1v) is 24.2. The fraction of sp³-hybridized carbons (Fsp3) is 0.0625. The van der Waals surface area contributed by atoms with Gasteiger partial charge < -0.3 is 4.90 Å². The van der Waals surface area contributed by atoms with Crippen LogP contribution in [0.5, 0.6) is 0 Å². The molecule has 67 heavy (non-hydrogen) atoms.